The van der Waals surface area contributed by atoms with E-state index < -0.39 is 35.4 Å². The fourth-order valence-electron chi connectivity index (χ4n) is 1.34. The van der Waals surface area contributed by atoms with Crippen LogP contribution in [0.15, 0.2) is 30.1 Å². The predicted molar refractivity (Wildman–Crippen MR) is 61.2 cm³/mol. The third-order valence-corrected chi connectivity index (χ3v) is 2.32. The number of allylic oxidation sites excluding steroid dienone is 1. The molecule has 8 heteroatoms. The van der Waals surface area contributed by atoms with Crippen molar-refractivity contribution in [2.75, 3.05) is 0 Å². The van der Waals surface area contributed by atoms with Gasteiger partial charge in [0, 0.05) is 29.8 Å². The molecule has 0 saturated heterocycles. The molecule has 102 valence electrons. The maximum atomic E-state index is 12.6. The van der Waals surface area contributed by atoms with E-state index in [-0.39, 0.29) is 17.0 Å². The summed E-state index contributed by atoms with van der Waals surface area (Å²) >= 11 is 0. The van der Waals surface area contributed by atoms with E-state index >= 15 is 0 Å². The normalized spacial score (nSPS) is 10.1. The number of phenolic OH excluding ortho intramolecular Hbond substituents is 1. The van der Waals surface area contributed by atoms with Gasteiger partial charge in [-0.25, -0.2) is 4.39 Å². The molecule has 19 heavy (non-hydrogen) atoms. The van der Waals surface area contributed by atoms with Gasteiger partial charge in [0.05, 0.1) is 4.92 Å². The Bertz CT molecular complexity index is 554. The number of nitrogens with zero attached hydrogens (tertiary/aromatic N) is 1. The SMILES string of the molecule is N=C(CCC(F)=C(F)F)c1cc([N+](=O)[O-])ccc1O. The second-order valence-electron chi connectivity index (χ2n) is 3.60. The second kappa shape index (κ2) is 5.98. The number of nitrogens with one attached hydrogen (secondary N) is 1. The summed E-state index contributed by atoms with van der Waals surface area (Å²) in [6.07, 6.45) is -3.57. The van der Waals surface area contributed by atoms with Crippen molar-refractivity contribution in [2.24, 2.45) is 0 Å². The molecule has 1 rings (SSSR count). The van der Waals surface area contributed by atoms with E-state index in [0.29, 0.717) is 0 Å². The van der Waals surface area contributed by atoms with E-state index in [1.807, 2.05) is 0 Å². The van der Waals surface area contributed by atoms with Crippen molar-refractivity contribution < 1.29 is 23.2 Å². The van der Waals surface area contributed by atoms with Crippen LogP contribution in [0.4, 0.5) is 18.9 Å². The standard InChI is InChI=1S/C11H9F3N2O3/c12-8(11(13)14)2-3-9(15)7-5-6(16(18)19)1-4-10(7)17/h1,4-5,15,17H,2-3H2. The largest absolute Gasteiger partial charge is 0.507 e. The first-order valence-electron chi connectivity index (χ1n) is 5.07. The molecule has 0 spiro atoms. The molecular formula is C11H9F3N2O3. The smallest absolute Gasteiger partial charge is 0.301 e. The molecule has 0 aliphatic heterocycles. The predicted octanol–water partition coefficient (Wildman–Crippen LogP) is 3.53. The van der Waals surface area contributed by atoms with Gasteiger partial charge in [-0.05, 0) is 12.5 Å². The highest BCUT2D eigenvalue weighted by Gasteiger charge is 2.15. The lowest BCUT2D eigenvalue weighted by Crippen LogP contribution is -2.01. The first-order chi connectivity index (χ1) is 8.82. The van der Waals surface area contributed by atoms with Gasteiger partial charge in [-0.15, -0.1) is 0 Å². The number of rotatable bonds is 5. The van der Waals surface area contributed by atoms with Crippen LogP contribution in [0.5, 0.6) is 5.75 Å². The third-order valence-electron chi connectivity index (χ3n) is 2.32. The van der Waals surface area contributed by atoms with Crippen molar-refractivity contribution in [1.82, 2.24) is 0 Å². The maximum Gasteiger partial charge on any atom is 0.301 e. The summed E-state index contributed by atoms with van der Waals surface area (Å²) in [6.45, 7) is 0. The van der Waals surface area contributed by atoms with Gasteiger partial charge in [-0.2, -0.15) is 8.78 Å². The van der Waals surface area contributed by atoms with Gasteiger partial charge < -0.3 is 10.5 Å². The van der Waals surface area contributed by atoms with Gasteiger partial charge in [-0.3, -0.25) is 10.1 Å². The monoisotopic (exact) mass is 274 g/mol. The van der Waals surface area contributed by atoms with Gasteiger partial charge in [0.15, 0.2) is 5.83 Å². The van der Waals surface area contributed by atoms with Crippen molar-refractivity contribution >= 4 is 11.4 Å². The summed E-state index contributed by atoms with van der Waals surface area (Å²) in [4.78, 5) is 9.81. The summed E-state index contributed by atoms with van der Waals surface area (Å²) in [6, 6.07) is 2.99. The minimum absolute atomic E-state index is 0.179. The van der Waals surface area contributed by atoms with Gasteiger partial charge in [0.25, 0.3) is 5.69 Å². The zero-order valence-electron chi connectivity index (χ0n) is 9.49. The summed E-state index contributed by atoms with van der Waals surface area (Å²) in [5, 5.41) is 27.5. The summed E-state index contributed by atoms with van der Waals surface area (Å²) in [5.74, 6) is -2.05. The van der Waals surface area contributed by atoms with Crippen molar-refractivity contribution in [3.8, 4) is 5.75 Å². The molecule has 0 aliphatic rings. The molecule has 0 aromatic heterocycles. The minimum atomic E-state index is -2.46. The van der Waals surface area contributed by atoms with E-state index in [1.165, 1.54) is 0 Å². The number of halogens is 3. The van der Waals surface area contributed by atoms with Crippen LogP contribution in [0.3, 0.4) is 0 Å². The van der Waals surface area contributed by atoms with Crippen molar-refractivity contribution in [2.45, 2.75) is 12.8 Å². The lowest BCUT2D eigenvalue weighted by atomic mass is 10.0. The topological polar surface area (TPSA) is 87.2 Å². The van der Waals surface area contributed by atoms with E-state index in [0.717, 1.165) is 18.2 Å². The number of aromatic hydroxyl groups is 1. The zero-order valence-corrected chi connectivity index (χ0v) is 9.49. The molecule has 1 aromatic carbocycles. The van der Waals surface area contributed by atoms with E-state index in [4.69, 9.17) is 5.41 Å². The fourth-order valence-corrected chi connectivity index (χ4v) is 1.34. The zero-order chi connectivity index (χ0) is 14.6. The molecule has 0 aliphatic carbocycles. The number of nitro groups is 1. The number of hydrogen-bond donors (Lipinski definition) is 2. The highest BCUT2D eigenvalue weighted by atomic mass is 19.3. The number of phenols is 1. The quantitative estimate of drug-likeness (QED) is 0.489. The molecule has 0 atom stereocenters. The fraction of sp³-hybridized carbons (Fsp3) is 0.182. The first-order valence-corrected chi connectivity index (χ1v) is 5.07. The first kappa shape index (κ1) is 14.7. The minimum Gasteiger partial charge on any atom is -0.507 e. The molecule has 0 fully saturated rings. The third kappa shape index (κ3) is 3.80. The van der Waals surface area contributed by atoms with Crippen LogP contribution in [-0.2, 0) is 0 Å². The Morgan fingerprint density at radius 2 is 1.95 bits per heavy atom. The molecule has 0 amide bonds. The Labute approximate surface area is 105 Å². The van der Waals surface area contributed by atoms with Crippen molar-refractivity contribution in [3.05, 3.63) is 45.8 Å². The lowest BCUT2D eigenvalue weighted by molar-refractivity contribution is -0.384. The highest BCUT2D eigenvalue weighted by Crippen LogP contribution is 2.25. The van der Waals surface area contributed by atoms with E-state index in [1.54, 1.807) is 0 Å². The Hall–Kier alpha value is -2.38. The Balaban J connectivity index is 2.91. The van der Waals surface area contributed by atoms with Crippen LogP contribution in [-0.4, -0.2) is 15.7 Å². The molecule has 0 bridgehead atoms. The molecule has 1 aromatic rings. The van der Waals surface area contributed by atoms with Crippen LogP contribution < -0.4 is 0 Å². The van der Waals surface area contributed by atoms with Gasteiger partial charge in [0.2, 0.25) is 0 Å². The van der Waals surface area contributed by atoms with Gasteiger partial charge in [0.1, 0.15) is 5.75 Å². The number of non-ortho nitro benzene ring substituents is 1. The van der Waals surface area contributed by atoms with Crippen LogP contribution in [0.2, 0.25) is 0 Å². The molecule has 5 nitrogen and oxygen atoms in total. The van der Waals surface area contributed by atoms with Crippen LogP contribution in [0.25, 0.3) is 0 Å². The van der Waals surface area contributed by atoms with E-state index in [9.17, 15) is 28.4 Å². The average Bonchev–Trinajstić information content (AvgIpc) is 2.35. The van der Waals surface area contributed by atoms with Crippen LogP contribution in [0.1, 0.15) is 18.4 Å². The van der Waals surface area contributed by atoms with Crippen molar-refractivity contribution in [1.29, 1.82) is 5.41 Å². The van der Waals surface area contributed by atoms with Gasteiger partial charge in [-0.1, -0.05) is 0 Å². The number of benzene rings is 1. The lowest BCUT2D eigenvalue weighted by Gasteiger charge is -2.05. The molecule has 0 saturated carbocycles. The maximum absolute atomic E-state index is 12.6. The molecule has 2 N–H and O–H groups in total. The van der Waals surface area contributed by atoms with Crippen molar-refractivity contribution in [3.63, 3.8) is 0 Å². The number of nitro benzene ring substituents is 1. The van der Waals surface area contributed by atoms with E-state index in [2.05, 4.69) is 0 Å². The summed E-state index contributed by atoms with van der Waals surface area (Å²) in [7, 11) is 0. The average molecular weight is 274 g/mol. The Morgan fingerprint density at radius 1 is 1.32 bits per heavy atom. The molecular weight excluding hydrogens is 265 g/mol. The Morgan fingerprint density at radius 3 is 2.47 bits per heavy atom. The summed E-state index contributed by atoms with van der Waals surface area (Å²) < 4.78 is 36.2. The van der Waals surface area contributed by atoms with Gasteiger partial charge >= 0.3 is 6.08 Å². The molecule has 0 heterocycles. The summed E-state index contributed by atoms with van der Waals surface area (Å²) in [5.41, 5.74) is -0.899. The highest BCUT2D eigenvalue weighted by molar-refractivity contribution is 6.01. The number of hydrogen-bond acceptors (Lipinski definition) is 4. The molecule has 0 radical (unpaired) electrons. The van der Waals surface area contributed by atoms with Crippen LogP contribution in [0, 0.1) is 15.5 Å². The molecule has 0 unspecified atom stereocenters. The van der Waals surface area contributed by atoms with Crippen LogP contribution >= 0.6 is 0 Å². The second-order valence-corrected chi connectivity index (χ2v) is 3.60. The Kier molecular flexibility index (Phi) is 4.62.